The Bertz CT molecular complexity index is 1120. The SMILES string of the molecule is CCCOc1ccc(C2=C(SCc3ccco3)C(=O)N(c3ccc(CC)cc3)C2=O)cc1. The normalized spacial score (nSPS) is 13.9. The average Bonchev–Trinajstić information content (AvgIpc) is 3.43. The zero-order valence-corrected chi connectivity index (χ0v) is 19.0. The second kappa shape index (κ2) is 9.92. The molecule has 0 radical (unpaired) electrons. The molecule has 0 unspecified atom stereocenters. The van der Waals surface area contributed by atoms with E-state index in [1.807, 2.05) is 67.6 Å². The third-order valence-corrected chi connectivity index (χ3v) is 6.30. The lowest BCUT2D eigenvalue weighted by Gasteiger charge is -2.15. The van der Waals surface area contributed by atoms with E-state index in [0.29, 0.717) is 34.1 Å². The summed E-state index contributed by atoms with van der Waals surface area (Å²) >= 11 is 1.32. The van der Waals surface area contributed by atoms with Crippen molar-refractivity contribution in [2.24, 2.45) is 0 Å². The van der Waals surface area contributed by atoms with E-state index in [1.165, 1.54) is 16.7 Å². The Morgan fingerprint density at radius 3 is 2.31 bits per heavy atom. The number of furan rings is 1. The molecule has 0 N–H and O–H groups in total. The molecule has 32 heavy (non-hydrogen) atoms. The Labute approximate surface area is 192 Å². The first kappa shape index (κ1) is 22.0. The van der Waals surface area contributed by atoms with E-state index in [4.69, 9.17) is 9.15 Å². The van der Waals surface area contributed by atoms with Crippen molar-refractivity contribution in [1.29, 1.82) is 0 Å². The second-order valence-corrected chi connectivity index (χ2v) is 8.40. The Morgan fingerprint density at radius 2 is 1.69 bits per heavy atom. The van der Waals surface area contributed by atoms with E-state index in [0.717, 1.165) is 29.9 Å². The third-order valence-electron chi connectivity index (χ3n) is 5.20. The van der Waals surface area contributed by atoms with Gasteiger partial charge in [0.2, 0.25) is 0 Å². The van der Waals surface area contributed by atoms with Gasteiger partial charge in [-0.1, -0.05) is 38.1 Å². The summed E-state index contributed by atoms with van der Waals surface area (Å²) in [4.78, 5) is 28.6. The van der Waals surface area contributed by atoms with Gasteiger partial charge in [-0.2, -0.15) is 0 Å². The molecule has 1 aliphatic heterocycles. The van der Waals surface area contributed by atoms with Crippen LogP contribution in [0.25, 0.3) is 5.57 Å². The predicted octanol–water partition coefficient (Wildman–Crippen LogP) is 5.85. The first-order valence-corrected chi connectivity index (χ1v) is 11.7. The van der Waals surface area contributed by atoms with Crippen molar-refractivity contribution in [2.75, 3.05) is 11.5 Å². The summed E-state index contributed by atoms with van der Waals surface area (Å²) in [5.74, 6) is 1.33. The first-order valence-electron chi connectivity index (χ1n) is 10.7. The molecular weight excluding hydrogens is 422 g/mol. The maximum atomic E-state index is 13.5. The molecule has 3 aromatic rings. The smallest absolute Gasteiger partial charge is 0.272 e. The zero-order chi connectivity index (χ0) is 22.5. The van der Waals surface area contributed by atoms with Crippen LogP contribution in [0.15, 0.2) is 76.2 Å². The van der Waals surface area contributed by atoms with Crippen LogP contribution in [0.2, 0.25) is 0 Å². The Kier molecular flexibility index (Phi) is 6.81. The van der Waals surface area contributed by atoms with Gasteiger partial charge in [0, 0.05) is 0 Å². The van der Waals surface area contributed by atoms with Crippen LogP contribution in [-0.2, 0) is 21.8 Å². The number of carbonyl (C=O) groups is 2. The lowest BCUT2D eigenvalue weighted by Crippen LogP contribution is -2.31. The standard InChI is InChI=1S/C26H25NO4S/c1-3-15-30-21-13-9-19(10-14-21)23-24(32-17-22-6-5-16-31-22)26(29)27(25(23)28)20-11-7-18(4-2)8-12-20/h5-14,16H,3-4,15,17H2,1-2H3. The molecule has 0 fully saturated rings. The number of hydrogen-bond acceptors (Lipinski definition) is 5. The largest absolute Gasteiger partial charge is 0.494 e. The van der Waals surface area contributed by atoms with Gasteiger partial charge < -0.3 is 9.15 Å². The van der Waals surface area contributed by atoms with Gasteiger partial charge in [0.1, 0.15) is 11.5 Å². The van der Waals surface area contributed by atoms with Crippen LogP contribution in [0.5, 0.6) is 5.75 Å². The van der Waals surface area contributed by atoms with Crippen LogP contribution in [0.4, 0.5) is 5.69 Å². The molecule has 2 heterocycles. The molecule has 0 aliphatic carbocycles. The van der Waals surface area contributed by atoms with E-state index in [1.54, 1.807) is 6.26 Å². The predicted molar refractivity (Wildman–Crippen MR) is 127 cm³/mol. The van der Waals surface area contributed by atoms with Crippen LogP contribution in [0.1, 0.15) is 37.2 Å². The first-order chi connectivity index (χ1) is 15.6. The third kappa shape index (κ3) is 4.50. The summed E-state index contributed by atoms with van der Waals surface area (Å²) in [5, 5.41) is 0. The Morgan fingerprint density at radius 1 is 0.938 bits per heavy atom. The number of anilines is 1. The van der Waals surface area contributed by atoms with Gasteiger partial charge in [-0.15, -0.1) is 11.8 Å². The van der Waals surface area contributed by atoms with Crippen LogP contribution in [0, 0.1) is 0 Å². The molecule has 1 aliphatic rings. The average molecular weight is 448 g/mol. The van der Waals surface area contributed by atoms with E-state index in [9.17, 15) is 9.59 Å². The fourth-order valence-electron chi connectivity index (χ4n) is 3.49. The molecule has 5 nitrogen and oxygen atoms in total. The summed E-state index contributed by atoms with van der Waals surface area (Å²) in [6.07, 6.45) is 3.41. The quantitative estimate of drug-likeness (QED) is 0.385. The molecule has 164 valence electrons. The molecule has 1 aromatic heterocycles. The van der Waals surface area contributed by atoms with Gasteiger partial charge in [-0.05, 0) is 60.4 Å². The molecule has 6 heteroatoms. The number of carbonyl (C=O) groups excluding carboxylic acids is 2. The van der Waals surface area contributed by atoms with Gasteiger partial charge in [-0.3, -0.25) is 9.59 Å². The molecule has 4 rings (SSSR count). The van der Waals surface area contributed by atoms with Crippen molar-refractivity contribution in [2.45, 2.75) is 32.4 Å². The summed E-state index contributed by atoms with van der Waals surface area (Å²) < 4.78 is 11.1. The molecule has 2 aromatic carbocycles. The number of hydrogen-bond donors (Lipinski definition) is 0. The van der Waals surface area contributed by atoms with Gasteiger partial charge in [0.15, 0.2) is 0 Å². The van der Waals surface area contributed by atoms with Crippen LogP contribution >= 0.6 is 11.8 Å². The molecule has 0 bridgehead atoms. The molecule has 0 saturated carbocycles. The molecule has 0 atom stereocenters. The topological polar surface area (TPSA) is 59.8 Å². The number of benzene rings is 2. The number of thioether (sulfide) groups is 1. The Hall–Kier alpha value is -3.25. The molecule has 0 saturated heterocycles. The summed E-state index contributed by atoms with van der Waals surface area (Å²) in [6.45, 7) is 4.75. The highest BCUT2D eigenvalue weighted by molar-refractivity contribution is 8.03. The highest BCUT2D eigenvalue weighted by atomic mass is 32.2. The van der Waals surface area contributed by atoms with Crippen LogP contribution in [0.3, 0.4) is 0 Å². The van der Waals surface area contributed by atoms with Gasteiger partial charge in [0.25, 0.3) is 11.8 Å². The Balaban J connectivity index is 1.68. The van der Waals surface area contributed by atoms with E-state index < -0.39 is 0 Å². The van der Waals surface area contributed by atoms with Gasteiger partial charge in [-0.25, -0.2) is 4.90 Å². The lowest BCUT2D eigenvalue weighted by molar-refractivity contribution is -0.119. The number of rotatable bonds is 9. The van der Waals surface area contributed by atoms with E-state index >= 15 is 0 Å². The number of amides is 2. The summed E-state index contributed by atoms with van der Waals surface area (Å²) in [6, 6.07) is 18.6. The fraction of sp³-hybridized carbons (Fsp3) is 0.231. The minimum atomic E-state index is -0.316. The number of imide groups is 1. The highest BCUT2D eigenvalue weighted by Gasteiger charge is 2.40. The number of ether oxygens (including phenoxy) is 1. The van der Waals surface area contributed by atoms with E-state index in [2.05, 4.69) is 6.92 Å². The van der Waals surface area contributed by atoms with Crippen molar-refractivity contribution in [3.63, 3.8) is 0 Å². The lowest BCUT2D eigenvalue weighted by atomic mass is 10.1. The van der Waals surface area contributed by atoms with Crippen molar-refractivity contribution >= 4 is 34.8 Å². The monoisotopic (exact) mass is 447 g/mol. The van der Waals surface area contributed by atoms with Crippen molar-refractivity contribution in [1.82, 2.24) is 0 Å². The van der Waals surface area contributed by atoms with Crippen molar-refractivity contribution < 1.29 is 18.7 Å². The maximum absolute atomic E-state index is 13.5. The number of nitrogens with zero attached hydrogens (tertiary/aromatic N) is 1. The maximum Gasteiger partial charge on any atom is 0.272 e. The van der Waals surface area contributed by atoms with Gasteiger partial charge >= 0.3 is 0 Å². The summed E-state index contributed by atoms with van der Waals surface area (Å²) in [5.41, 5.74) is 2.83. The second-order valence-electron chi connectivity index (χ2n) is 7.41. The molecular formula is C26H25NO4S. The highest BCUT2D eigenvalue weighted by Crippen LogP contribution is 2.40. The number of aryl methyl sites for hydroxylation is 1. The fourth-order valence-corrected chi connectivity index (χ4v) is 4.50. The van der Waals surface area contributed by atoms with Crippen LogP contribution < -0.4 is 9.64 Å². The summed E-state index contributed by atoms with van der Waals surface area (Å²) in [7, 11) is 0. The minimum absolute atomic E-state index is 0.308. The molecule has 0 spiro atoms. The zero-order valence-electron chi connectivity index (χ0n) is 18.2. The van der Waals surface area contributed by atoms with Crippen molar-refractivity contribution in [3.05, 3.63) is 88.7 Å². The van der Waals surface area contributed by atoms with Crippen LogP contribution in [-0.4, -0.2) is 18.4 Å². The van der Waals surface area contributed by atoms with Gasteiger partial charge in [0.05, 0.1) is 34.8 Å². The molecule has 2 amide bonds. The minimum Gasteiger partial charge on any atom is -0.494 e. The van der Waals surface area contributed by atoms with Crippen molar-refractivity contribution in [3.8, 4) is 5.75 Å². The van der Waals surface area contributed by atoms with E-state index in [-0.39, 0.29) is 11.8 Å².